The topological polar surface area (TPSA) is 124 Å². The number of benzene rings is 3. The van der Waals surface area contributed by atoms with E-state index in [0.717, 1.165) is 84.8 Å². The molecule has 2 aromatic heterocycles. The van der Waals surface area contributed by atoms with E-state index < -0.39 is 12.2 Å². The first-order valence-corrected chi connectivity index (χ1v) is 20.9. The summed E-state index contributed by atoms with van der Waals surface area (Å²) in [5.74, 6) is 1.14. The summed E-state index contributed by atoms with van der Waals surface area (Å²) in [5, 5.41) is 32.3. The van der Waals surface area contributed by atoms with Crippen LogP contribution >= 0.6 is 0 Å². The molecule has 60 heavy (non-hydrogen) atoms. The number of aromatic nitrogens is 2. The highest BCUT2D eigenvalue weighted by molar-refractivity contribution is 5.95. The number of para-hydroxylation sites is 1. The van der Waals surface area contributed by atoms with Crippen molar-refractivity contribution < 1.29 is 62.7 Å². The first-order chi connectivity index (χ1) is 28.2. The lowest BCUT2D eigenvalue weighted by Crippen LogP contribution is -3.00. The normalized spacial score (nSPS) is 28.8. The number of nitrogens with one attached hydrogen (secondary N) is 2. The van der Waals surface area contributed by atoms with Crippen LogP contribution in [0.4, 0.5) is 11.4 Å². The SMILES string of the molecule is C=CC1C[N+]2(CC(=O)Nc3cccc(NC(=O)C[N+]45CCC(CC4[C@@H](O)c4ccnc6ccccc46)C(C=C)C5)c3)CCC1CC2[C@H](O)c1cccc2ncccc12.[Br-].[Br-]. The van der Waals surface area contributed by atoms with Crippen LogP contribution in [0.5, 0.6) is 0 Å². The molecule has 8 heterocycles. The third kappa shape index (κ3) is 8.10. The molecule has 0 spiro atoms. The summed E-state index contributed by atoms with van der Waals surface area (Å²) in [4.78, 5) is 37.1. The number of hydrogen-bond acceptors (Lipinski definition) is 6. The molecule has 10 atom stereocenters. The van der Waals surface area contributed by atoms with Crippen molar-refractivity contribution in [3.63, 3.8) is 0 Å². The second kappa shape index (κ2) is 18.0. The zero-order chi connectivity index (χ0) is 40.0. The van der Waals surface area contributed by atoms with Gasteiger partial charge in [0.15, 0.2) is 13.1 Å². The summed E-state index contributed by atoms with van der Waals surface area (Å²) in [7, 11) is 0. The van der Waals surface area contributed by atoms with Crippen molar-refractivity contribution in [1.29, 1.82) is 0 Å². The Morgan fingerprint density at radius 2 is 1.15 bits per heavy atom. The predicted octanol–water partition coefficient (Wildman–Crippen LogP) is 0.958. The molecule has 2 amide bonds. The summed E-state index contributed by atoms with van der Waals surface area (Å²) >= 11 is 0. The summed E-state index contributed by atoms with van der Waals surface area (Å²) in [6, 6.07) is 26.7. The molecule has 6 fully saturated rings. The Hall–Kier alpha value is -4.30. The zero-order valence-corrected chi connectivity index (χ0v) is 36.9. The molecule has 6 saturated heterocycles. The van der Waals surface area contributed by atoms with Gasteiger partial charge in [-0.05, 0) is 65.4 Å². The number of rotatable bonds is 12. The van der Waals surface area contributed by atoms with Crippen LogP contribution in [0.25, 0.3) is 21.8 Å². The number of aliphatic hydroxyl groups is 2. The van der Waals surface area contributed by atoms with Crippen LogP contribution in [0.15, 0.2) is 123 Å². The number of fused-ring (bicyclic) bond motifs is 8. The second-order valence-electron chi connectivity index (χ2n) is 17.5. The van der Waals surface area contributed by atoms with E-state index >= 15 is 0 Å². The van der Waals surface area contributed by atoms with Crippen molar-refractivity contribution in [1.82, 2.24) is 9.97 Å². The van der Waals surface area contributed by atoms with Crippen molar-refractivity contribution in [2.75, 3.05) is 49.9 Å². The summed E-state index contributed by atoms with van der Waals surface area (Å²) in [6.07, 6.45) is 9.68. The summed E-state index contributed by atoms with van der Waals surface area (Å²) < 4.78 is 0.976. The average molecular weight is 939 g/mol. The van der Waals surface area contributed by atoms with Gasteiger partial charge in [0.05, 0.1) is 37.2 Å². The maximum atomic E-state index is 14.0. The van der Waals surface area contributed by atoms with Crippen LogP contribution in [0.3, 0.4) is 0 Å². The Morgan fingerprint density at radius 3 is 1.72 bits per heavy atom. The zero-order valence-electron chi connectivity index (χ0n) is 33.8. The number of halogens is 2. The average Bonchev–Trinajstić information content (AvgIpc) is 3.25. The molecule has 8 unspecified atom stereocenters. The molecule has 6 aliphatic rings. The third-order valence-electron chi connectivity index (χ3n) is 14.4. The van der Waals surface area contributed by atoms with E-state index in [1.54, 1.807) is 12.4 Å². The molecule has 10 nitrogen and oxygen atoms in total. The monoisotopic (exact) mass is 936 g/mol. The Morgan fingerprint density at radius 1 is 0.667 bits per heavy atom. The molecular weight excluding hydrogens is 884 g/mol. The van der Waals surface area contributed by atoms with E-state index in [1.165, 1.54) is 0 Å². The standard InChI is InChI=1S/C48H52N6O4.2BrH/c1-3-31-27-53(22-18-33(31)24-43(53)47(57)39-13-8-16-42-38(39)14-9-20-49-42)29-45(55)51-35-10-7-11-36(26-35)52-46(56)30-54-23-19-34(32(4-2)28-54)25-44(54)48(58)40-17-21-50-41-15-6-5-12-37(40)41;;/h3-17,20-21,26,31-34,43-44,47-48,57-58H,1-2,18-19,22-25,27-30H2;2*1H/t31?,32?,33?,34?,43?,44?,47-,48+,53?,54?;;/m1../s1. The predicted molar refractivity (Wildman–Crippen MR) is 227 cm³/mol. The van der Waals surface area contributed by atoms with Crippen molar-refractivity contribution in [2.24, 2.45) is 23.7 Å². The molecule has 314 valence electrons. The van der Waals surface area contributed by atoms with Gasteiger partial charge in [0, 0.05) is 72.1 Å². The molecule has 4 bridgehead atoms. The van der Waals surface area contributed by atoms with Gasteiger partial charge in [-0.3, -0.25) is 19.6 Å². The molecule has 5 aromatic rings. The molecule has 11 rings (SSSR count). The Labute approximate surface area is 373 Å². The number of carbonyl (C=O) groups is 2. The van der Waals surface area contributed by atoms with Crippen molar-refractivity contribution in [2.45, 2.75) is 50.0 Å². The van der Waals surface area contributed by atoms with Gasteiger partial charge in [0.2, 0.25) is 0 Å². The van der Waals surface area contributed by atoms with Gasteiger partial charge in [-0.1, -0.05) is 54.6 Å². The quantitative estimate of drug-likeness (QED) is 0.109. The lowest BCUT2D eigenvalue weighted by atomic mass is 9.71. The Bertz CT molecular complexity index is 2230. The van der Waals surface area contributed by atoms with Gasteiger partial charge < -0.3 is 63.8 Å². The van der Waals surface area contributed by atoms with Gasteiger partial charge in [-0.25, -0.2) is 0 Å². The molecule has 0 aliphatic carbocycles. The smallest absolute Gasteiger partial charge is 0.279 e. The molecule has 6 aliphatic heterocycles. The molecule has 0 saturated carbocycles. The third-order valence-corrected chi connectivity index (χ3v) is 14.4. The van der Waals surface area contributed by atoms with Crippen LogP contribution in [0.2, 0.25) is 0 Å². The van der Waals surface area contributed by atoms with Gasteiger partial charge in [-0.2, -0.15) is 0 Å². The van der Waals surface area contributed by atoms with Gasteiger partial charge in [0.25, 0.3) is 11.8 Å². The Kier molecular flexibility index (Phi) is 13.1. The van der Waals surface area contributed by atoms with Crippen molar-refractivity contribution >= 4 is 45.0 Å². The number of carbonyl (C=O) groups excluding carboxylic acids is 2. The van der Waals surface area contributed by atoms with E-state index in [2.05, 4.69) is 33.8 Å². The largest absolute Gasteiger partial charge is 1.00 e. The van der Waals surface area contributed by atoms with Crippen LogP contribution in [0.1, 0.15) is 49.0 Å². The fourth-order valence-electron chi connectivity index (χ4n) is 11.6. The van der Waals surface area contributed by atoms with Crippen LogP contribution in [0, 0.1) is 23.7 Å². The maximum absolute atomic E-state index is 14.0. The van der Waals surface area contributed by atoms with E-state index in [0.29, 0.717) is 32.2 Å². The van der Waals surface area contributed by atoms with E-state index in [4.69, 9.17) is 0 Å². The van der Waals surface area contributed by atoms with Crippen LogP contribution in [-0.4, -0.2) is 92.3 Å². The highest BCUT2D eigenvalue weighted by atomic mass is 79.9. The summed E-state index contributed by atoms with van der Waals surface area (Å²) in [6.45, 7) is 11.9. The molecule has 0 radical (unpaired) electrons. The minimum absolute atomic E-state index is 0. The van der Waals surface area contributed by atoms with Crippen molar-refractivity contribution in [3.05, 3.63) is 134 Å². The molecule has 4 N–H and O–H groups in total. The molecule has 12 heteroatoms. The second-order valence-corrected chi connectivity index (χ2v) is 17.5. The lowest BCUT2D eigenvalue weighted by Gasteiger charge is -2.57. The maximum Gasteiger partial charge on any atom is 0.279 e. The highest BCUT2D eigenvalue weighted by Gasteiger charge is 2.56. The van der Waals surface area contributed by atoms with Crippen LogP contribution in [-0.2, 0) is 9.59 Å². The number of aliphatic hydroxyl groups excluding tert-OH is 2. The van der Waals surface area contributed by atoms with Gasteiger partial charge >= 0.3 is 0 Å². The lowest BCUT2D eigenvalue weighted by molar-refractivity contribution is -0.966. The number of anilines is 2. The first kappa shape index (κ1) is 43.8. The summed E-state index contributed by atoms with van der Waals surface area (Å²) in [5.41, 5.74) is 4.59. The molecular formula is C48H54Br2N6O4. The van der Waals surface area contributed by atoms with E-state index in [9.17, 15) is 19.8 Å². The van der Waals surface area contributed by atoms with E-state index in [-0.39, 0.29) is 82.8 Å². The number of amides is 2. The Balaban J connectivity index is 0.00000272. The molecule has 3 aromatic carbocycles. The fraction of sp³-hybridized carbons (Fsp3) is 0.375. The van der Waals surface area contributed by atoms with Gasteiger partial charge in [0.1, 0.15) is 24.3 Å². The van der Waals surface area contributed by atoms with Gasteiger partial charge in [-0.15, -0.1) is 13.2 Å². The number of nitrogens with zero attached hydrogens (tertiary/aromatic N) is 4. The van der Waals surface area contributed by atoms with Crippen molar-refractivity contribution in [3.8, 4) is 0 Å². The first-order valence-electron chi connectivity index (χ1n) is 20.9. The highest BCUT2D eigenvalue weighted by Crippen LogP contribution is 2.48. The number of quaternary nitrogens is 2. The minimum Gasteiger partial charge on any atom is -1.00 e. The van der Waals surface area contributed by atoms with E-state index in [1.807, 2.05) is 97.1 Å². The fourth-order valence-corrected chi connectivity index (χ4v) is 11.6. The number of pyridine rings is 2. The number of hydrogen-bond donors (Lipinski definition) is 4. The van der Waals surface area contributed by atoms with Crippen LogP contribution < -0.4 is 44.6 Å². The minimum atomic E-state index is -0.753. The number of piperidine rings is 6.